The van der Waals surface area contributed by atoms with Crippen LogP contribution in [0.15, 0.2) is 48.5 Å². The summed E-state index contributed by atoms with van der Waals surface area (Å²) in [5, 5.41) is 11.3. The number of carbonyl (C=O) groups is 1. The molecule has 0 aliphatic heterocycles. The van der Waals surface area contributed by atoms with Crippen molar-refractivity contribution in [1.82, 2.24) is 0 Å². The first kappa shape index (κ1) is 30.2. The van der Waals surface area contributed by atoms with Gasteiger partial charge in [-0.25, -0.2) is 0 Å². The van der Waals surface area contributed by atoms with E-state index in [-0.39, 0.29) is 11.9 Å². The molecular formula is C34H50O4. The van der Waals surface area contributed by atoms with Crippen LogP contribution in [0.2, 0.25) is 0 Å². The molecule has 4 nitrogen and oxygen atoms in total. The molecule has 0 amide bonds. The predicted octanol–water partition coefficient (Wildman–Crippen LogP) is 8.98. The second kappa shape index (κ2) is 16.6. The van der Waals surface area contributed by atoms with Gasteiger partial charge in [0, 0.05) is 0 Å². The highest BCUT2D eigenvalue weighted by Crippen LogP contribution is 2.40. The number of hydrogen-bond acceptors (Lipinski definition) is 4. The van der Waals surface area contributed by atoms with Gasteiger partial charge in [0.05, 0.1) is 24.7 Å². The lowest BCUT2D eigenvalue weighted by molar-refractivity contribution is -0.152. The molecule has 1 saturated carbocycles. The second-order valence-corrected chi connectivity index (χ2v) is 11.1. The van der Waals surface area contributed by atoms with Crippen LogP contribution in [0.5, 0.6) is 5.75 Å². The van der Waals surface area contributed by atoms with Crippen LogP contribution < -0.4 is 4.74 Å². The van der Waals surface area contributed by atoms with Gasteiger partial charge in [-0.15, -0.1) is 0 Å². The first-order valence-electron chi connectivity index (χ1n) is 15.3. The first-order chi connectivity index (χ1) is 18.6. The van der Waals surface area contributed by atoms with E-state index in [9.17, 15) is 9.90 Å². The highest BCUT2D eigenvalue weighted by atomic mass is 16.5. The quantitative estimate of drug-likeness (QED) is 0.166. The molecule has 0 aromatic heterocycles. The normalized spacial score (nSPS) is 19.3. The van der Waals surface area contributed by atoms with Gasteiger partial charge in [0.1, 0.15) is 5.75 Å². The lowest BCUT2D eigenvalue weighted by atomic mass is 9.75. The summed E-state index contributed by atoms with van der Waals surface area (Å²) in [7, 11) is 0. The Kier molecular flexibility index (Phi) is 13.2. The zero-order valence-corrected chi connectivity index (χ0v) is 23.9. The second-order valence-electron chi connectivity index (χ2n) is 11.1. The molecule has 38 heavy (non-hydrogen) atoms. The first-order valence-corrected chi connectivity index (χ1v) is 15.3. The maximum Gasteiger partial charge on any atom is 0.308 e. The Morgan fingerprint density at radius 3 is 1.82 bits per heavy atom. The summed E-state index contributed by atoms with van der Waals surface area (Å²) in [5.41, 5.74) is 2.32. The van der Waals surface area contributed by atoms with Crippen molar-refractivity contribution in [2.45, 2.75) is 116 Å². The molecule has 0 atom stereocenters. The van der Waals surface area contributed by atoms with Gasteiger partial charge in [-0.3, -0.25) is 4.79 Å². The maximum absolute atomic E-state index is 12.5. The number of esters is 1. The average molecular weight is 523 g/mol. The van der Waals surface area contributed by atoms with Crippen molar-refractivity contribution >= 4 is 5.97 Å². The van der Waals surface area contributed by atoms with Gasteiger partial charge in [0.2, 0.25) is 0 Å². The molecule has 2 aromatic carbocycles. The fourth-order valence-corrected chi connectivity index (χ4v) is 5.40. The van der Waals surface area contributed by atoms with E-state index in [4.69, 9.17) is 9.47 Å². The Hall–Kier alpha value is -2.33. The van der Waals surface area contributed by atoms with Crippen molar-refractivity contribution in [1.29, 1.82) is 0 Å². The molecule has 1 N–H and O–H groups in total. The van der Waals surface area contributed by atoms with Crippen molar-refractivity contribution < 1.29 is 19.4 Å². The molecule has 2 aromatic rings. The smallest absolute Gasteiger partial charge is 0.308 e. The summed E-state index contributed by atoms with van der Waals surface area (Å²) in [4.78, 5) is 12.5. The van der Waals surface area contributed by atoms with Crippen LogP contribution in [0.25, 0.3) is 11.1 Å². The highest BCUT2D eigenvalue weighted by Gasteiger charge is 2.37. The minimum absolute atomic E-state index is 0.0834. The molecule has 1 fully saturated rings. The number of rotatable bonds is 17. The van der Waals surface area contributed by atoms with E-state index in [1.54, 1.807) is 0 Å². The van der Waals surface area contributed by atoms with Crippen molar-refractivity contribution in [3.05, 3.63) is 54.1 Å². The van der Waals surface area contributed by atoms with Gasteiger partial charge in [-0.05, 0) is 67.3 Å². The van der Waals surface area contributed by atoms with Crippen LogP contribution in [0.1, 0.15) is 116 Å². The lowest BCUT2D eigenvalue weighted by Gasteiger charge is -2.35. The van der Waals surface area contributed by atoms with E-state index in [0.717, 1.165) is 48.3 Å². The van der Waals surface area contributed by atoms with Crippen molar-refractivity contribution in [2.75, 3.05) is 13.2 Å². The largest absolute Gasteiger partial charge is 0.494 e. The van der Waals surface area contributed by atoms with Crippen molar-refractivity contribution in [3.8, 4) is 16.9 Å². The number of benzene rings is 2. The Morgan fingerprint density at radius 2 is 1.24 bits per heavy atom. The molecule has 1 aliphatic rings. The molecule has 1 aliphatic carbocycles. The molecule has 0 unspecified atom stereocenters. The Morgan fingerprint density at radius 1 is 0.737 bits per heavy atom. The summed E-state index contributed by atoms with van der Waals surface area (Å²) in [5.74, 6) is 0.740. The summed E-state index contributed by atoms with van der Waals surface area (Å²) in [6.45, 7) is 5.75. The number of carbonyl (C=O) groups excluding carboxylic acids is 1. The van der Waals surface area contributed by atoms with E-state index < -0.39 is 5.60 Å². The molecule has 0 radical (unpaired) electrons. The van der Waals surface area contributed by atoms with Gasteiger partial charge in [0.25, 0.3) is 0 Å². The summed E-state index contributed by atoms with van der Waals surface area (Å²) in [6, 6.07) is 16.5. The number of unbranched alkanes of at least 4 members (excludes halogenated alkanes) is 9. The van der Waals surface area contributed by atoms with Gasteiger partial charge in [-0.2, -0.15) is 0 Å². The molecule has 210 valence electrons. The third kappa shape index (κ3) is 9.76. The minimum atomic E-state index is -0.872. The van der Waals surface area contributed by atoms with Crippen LogP contribution >= 0.6 is 0 Å². The van der Waals surface area contributed by atoms with Crippen LogP contribution in [0.3, 0.4) is 0 Å². The summed E-state index contributed by atoms with van der Waals surface area (Å²) >= 11 is 0. The van der Waals surface area contributed by atoms with Gasteiger partial charge in [0.15, 0.2) is 0 Å². The maximum atomic E-state index is 12.5. The van der Waals surface area contributed by atoms with E-state index in [2.05, 4.69) is 38.1 Å². The number of ether oxygens (including phenoxy) is 2. The molecular weight excluding hydrogens is 472 g/mol. The van der Waals surface area contributed by atoms with Crippen LogP contribution in [0, 0.1) is 5.92 Å². The number of hydrogen-bond donors (Lipinski definition) is 1. The highest BCUT2D eigenvalue weighted by molar-refractivity contribution is 5.72. The standard InChI is InChI=1S/C34H50O4/c1-3-5-7-9-11-13-27-38-33(35)30-22-24-34(36,25-23-30)31-18-14-28(15-19-31)29-16-20-32(21-17-29)37-26-12-10-8-6-4-2/h14-21,30,36H,3-13,22-27H2,1-2H3. The zero-order valence-electron chi connectivity index (χ0n) is 23.9. The monoisotopic (exact) mass is 522 g/mol. The van der Waals surface area contributed by atoms with E-state index in [0.29, 0.717) is 32.3 Å². The third-order valence-electron chi connectivity index (χ3n) is 8.01. The fraction of sp³-hybridized carbons (Fsp3) is 0.618. The molecule has 3 rings (SSSR count). The van der Waals surface area contributed by atoms with Crippen molar-refractivity contribution in [2.24, 2.45) is 5.92 Å². The Bertz CT molecular complexity index is 911. The molecule has 0 bridgehead atoms. The topological polar surface area (TPSA) is 55.8 Å². The molecule has 4 heteroatoms. The Balaban J connectivity index is 1.41. The van der Waals surface area contributed by atoms with Crippen LogP contribution in [-0.2, 0) is 15.1 Å². The molecule has 0 saturated heterocycles. The van der Waals surface area contributed by atoms with Gasteiger partial charge < -0.3 is 14.6 Å². The van der Waals surface area contributed by atoms with Crippen molar-refractivity contribution in [3.63, 3.8) is 0 Å². The van der Waals surface area contributed by atoms with E-state index >= 15 is 0 Å². The van der Waals surface area contributed by atoms with Gasteiger partial charge in [-0.1, -0.05) is 108 Å². The Labute approximate surface area is 231 Å². The summed E-state index contributed by atoms with van der Waals surface area (Å²) in [6.07, 6.45) is 15.8. The molecule has 0 heterocycles. The lowest BCUT2D eigenvalue weighted by Crippen LogP contribution is -2.34. The number of aliphatic hydroxyl groups is 1. The SMILES string of the molecule is CCCCCCCCOC(=O)C1CCC(O)(c2ccc(-c3ccc(OCCCCCCC)cc3)cc2)CC1. The average Bonchev–Trinajstić information content (AvgIpc) is 2.95. The van der Waals surface area contributed by atoms with E-state index in [1.807, 2.05) is 24.3 Å². The zero-order chi connectivity index (χ0) is 27.1. The van der Waals surface area contributed by atoms with Gasteiger partial charge >= 0.3 is 5.97 Å². The fourth-order valence-electron chi connectivity index (χ4n) is 5.40. The summed E-state index contributed by atoms with van der Waals surface area (Å²) < 4.78 is 11.4. The van der Waals surface area contributed by atoms with Crippen LogP contribution in [-0.4, -0.2) is 24.3 Å². The predicted molar refractivity (Wildman–Crippen MR) is 156 cm³/mol. The minimum Gasteiger partial charge on any atom is -0.494 e. The van der Waals surface area contributed by atoms with Crippen LogP contribution in [0.4, 0.5) is 0 Å². The van der Waals surface area contributed by atoms with E-state index in [1.165, 1.54) is 51.4 Å². The molecule has 0 spiro atoms. The third-order valence-corrected chi connectivity index (χ3v) is 8.01.